The molecule has 3 rings (SSSR count). The zero-order valence-corrected chi connectivity index (χ0v) is 15.5. The third-order valence-corrected chi connectivity index (χ3v) is 5.04. The Hall–Kier alpha value is -2.05. The first-order chi connectivity index (χ1) is 12.7. The van der Waals surface area contributed by atoms with Crippen molar-refractivity contribution in [2.24, 2.45) is 5.92 Å². The van der Waals surface area contributed by atoms with Crippen LogP contribution in [0, 0.1) is 18.3 Å². The van der Waals surface area contributed by atoms with Crippen LogP contribution in [0.1, 0.15) is 23.7 Å². The van der Waals surface area contributed by atoms with Crippen molar-refractivity contribution in [3.63, 3.8) is 0 Å². The van der Waals surface area contributed by atoms with Gasteiger partial charge in [-0.1, -0.05) is 66.6 Å². The number of aryl methyl sites for hydroxylation is 1. The highest BCUT2D eigenvalue weighted by Crippen LogP contribution is 2.40. The third-order valence-electron chi connectivity index (χ3n) is 4.79. The number of rotatable bonds is 7. The molecule has 0 amide bonds. The van der Waals surface area contributed by atoms with Gasteiger partial charge in [0.1, 0.15) is 6.61 Å². The first-order valence-corrected chi connectivity index (χ1v) is 9.20. The number of hydrogen-bond donors (Lipinski definition) is 0. The van der Waals surface area contributed by atoms with Gasteiger partial charge in [-0.2, -0.15) is 0 Å². The molecule has 0 N–H and O–H groups in total. The predicted molar refractivity (Wildman–Crippen MR) is 106 cm³/mol. The maximum atomic E-state index is 6.05. The molecule has 3 heteroatoms. The van der Waals surface area contributed by atoms with Gasteiger partial charge in [-0.15, -0.1) is 6.42 Å². The summed E-state index contributed by atoms with van der Waals surface area (Å²) in [7, 11) is 0. The highest BCUT2D eigenvalue weighted by atomic mass is 35.5. The quantitative estimate of drug-likeness (QED) is 0.493. The highest BCUT2D eigenvalue weighted by molar-refractivity contribution is 6.30. The Kier molecular flexibility index (Phi) is 6.52. The van der Waals surface area contributed by atoms with Crippen molar-refractivity contribution >= 4 is 11.6 Å². The molecule has 1 fully saturated rings. The summed E-state index contributed by atoms with van der Waals surface area (Å²) in [5, 5.41) is 0.701. The van der Waals surface area contributed by atoms with Crippen LogP contribution in [0.5, 0.6) is 0 Å². The number of hydrogen-bond acceptors (Lipinski definition) is 2. The predicted octanol–water partition coefficient (Wildman–Crippen LogP) is 5.23. The first-order valence-electron chi connectivity index (χ1n) is 8.82. The number of halogens is 1. The Morgan fingerprint density at radius 3 is 2.62 bits per heavy atom. The second kappa shape index (κ2) is 9.05. The summed E-state index contributed by atoms with van der Waals surface area (Å²) >= 11 is 6.04. The Bertz CT molecular complexity index is 761. The molecule has 0 aliphatic carbocycles. The van der Waals surface area contributed by atoms with Crippen LogP contribution in [0.2, 0.25) is 5.02 Å². The molecule has 0 spiro atoms. The summed E-state index contributed by atoms with van der Waals surface area (Å²) in [5.41, 5.74) is 3.41. The van der Waals surface area contributed by atoms with Crippen molar-refractivity contribution in [1.29, 1.82) is 0 Å². The van der Waals surface area contributed by atoms with Crippen molar-refractivity contribution in [2.75, 3.05) is 13.2 Å². The lowest BCUT2D eigenvalue weighted by Gasteiger charge is -2.28. The summed E-state index contributed by atoms with van der Waals surface area (Å²) < 4.78 is 12.1. The number of terminal acetylenes is 1. The molecule has 1 aliphatic rings. The molecule has 26 heavy (non-hydrogen) atoms. The molecule has 134 valence electrons. The average molecular weight is 367 g/mol. The second-order valence-corrected chi connectivity index (χ2v) is 6.98. The van der Waals surface area contributed by atoms with E-state index in [9.17, 15) is 0 Å². The Morgan fingerprint density at radius 1 is 1.19 bits per heavy atom. The van der Waals surface area contributed by atoms with E-state index < -0.39 is 0 Å². The molecule has 1 heterocycles. The summed E-state index contributed by atoms with van der Waals surface area (Å²) in [5.74, 6) is 2.65. The van der Waals surface area contributed by atoms with Gasteiger partial charge in [0.05, 0.1) is 18.8 Å². The zero-order valence-electron chi connectivity index (χ0n) is 14.7. The van der Waals surface area contributed by atoms with E-state index in [0.717, 1.165) is 24.0 Å². The zero-order chi connectivity index (χ0) is 18.4. The van der Waals surface area contributed by atoms with Crippen molar-refractivity contribution in [2.45, 2.75) is 25.0 Å². The summed E-state index contributed by atoms with van der Waals surface area (Å²) in [4.78, 5) is 0. The van der Waals surface area contributed by atoms with E-state index in [1.54, 1.807) is 0 Å². The van der Waals surface area contributed by atoms with E-state index in [0.29, 0.717) is 11.6 Å². The fourth-order valence-electron chi connectivity index (χ4n) is 3.50. The minimum atomic E-state index is -0.181. The first kappa shape index (κ1) is 18.7. The summed E-state index contributed by atoms with van der Waals surface area (Å²) in [6.45, 7) is 5.05. The molecule has 3 atom stereocenters. The monoisotopic (exact) mass is 366 g/mol. The van der Waals surface area contributed by atoms with Crippen molar-refractivity contribution in [3.05, 3.63) is 82.9 Å². The van der Waals surface area contributed by atoms with Gasteiger partial charge < -0.3 is 9.47 Å². The molecule has 1 saturated heterocycles. The smallest absolute Gasteiger partial charge is 0.108 e. The molecule has 0 saturated carbocycles. The molecule has 0 radical (unpaired) electrons. The van der Waals surface area contributed by atoms with Gasteiger partial charge in [-0.05, 0) is 41.7 Å². The van der Waals surface area contributed by atoms with Gasteiger partial charge >= 0.3 is 0 Å². The molecule has 0 bridgehead atoms. The fraction of sp³-hybridized carbons (Fsp3) is 0.304. The van der Waals surface area contributed by atoms with Crippen LogP contribution in [0.15, 0.2) is 66.7 Å². The van der Waals surface area contributed by atoms with Gasteiger partial charge in [-0.3, -0.25) is 0 Å². The Balaban J connectivity index is 1.78. The van der Waals surface area contributed by atoms with Crippen LogP contribution in [0.3, 0.4) is 0 Å². The average Bonchev–Trinajstić information content (AvgIpc) is 3.03. The van der Waals surface area contributed by atoms with Gasteiger partial charge in [0.15, 0.2) is 0 Å². The van der Waals surface area contributed by atoms with E-state index in [1.165, 1.54) is 5.56 Å². The topological polar surface area (TPSA) is 18.5 Å². The van der Waals surface area contributed by atoms with Crippen LogP contribution in [0.25, 0.3) is 0 Å². The fourth-order valence-corrected chi connectivity index (χ4v) is 3.63. The van der Waals surface area contributed by atoms with Crippen molar-refractivity contribution in [3.8, 4) is 12.3 Å². The summed E-state index contributed by atoms with van der Waals surface area (Å²) in [6, 6.07) is 18.2. The molecular formula is C23H23ClO2. The normalized spacial score (nSPS) is 20.7. The molecule has 1 aliphatic heterocycles. The Labute approximate surface area is 160 Å². The second-order valence-electron chi connectivity index (χ2n) is 6.55. The molecule has 0 unspecified atom stereocenters. The van der Waals surface area contributed by atoms with Gasteiger partial charge in [0, 0.05) is 10.9 Å². The largest absolute Gasteiger partial charge is 0.373 e. The third kappa shape index (κ3) is 4.56. The van der Waals surface area contributed by atoms with Crippen molar-refractivity contribution < 1.29 is 9.47 Å². The molecule has 2 aromatic rings. The summed E-state index contributed by atoms with van der Waals surface area (Å²) in [6.07, 6.45) is 7.18. The number of benzene rings is 2. The van der Waals surface area contributed by atoms with Crippen LogP contribution < -0.4 is 0 Å². The van der Waals surface area contributed by atoms with Crippen LogP contribution in [-0.4, -0.2) is 19.3 Å². The van der Waals surface area contributed by atoms with Gasteiger partial charge in [-0.25, -0.2) is 0 Å². The molecule has 0 aromatic heterocycles. The van der Waals surface area contributed by atoms with Crippen LogP contribution in [-0.2, 0) is 15.9 Å². The van der Waals surface area contributed by atoms with Gasteiger partial charge in [0.2, 0.25) is 0 Å². The highest BCUT2D eigenvalue weighted by Gasteiger charge is 2.38. The molecule has 2 aromatic carbocycles. The standard InChI is InChI=1S/C23H23ClO2/c1-3-15-25-23(19-10-12-20(24)13-11-19)22-17(2)16-26-21(22)14-9-18-7-5-4-6-8-18/h1,4-8,10-13,21-23H,2,9,14-16H2/t21-,22-,23+/m1/s1. The van der Waals surface area contributed by atoms with E-state index in [2.05, 4.69) is 36.8 Å². The number of ether oxygens (including phenoxy) is 2. The van der Waals surface area contributed by atoms with Gasteiger partial charge in [0.25, 0.3) is 0 Å². The molecular weight excluding hydrogens is 344 g/mol. The Morgan fingerprint density at radius 2 is 1.92 bits per heavy atom. The minimum absolute atomic E-state index is 0.0566. The van der Waals surface area contributed by atoms with Crippen molar-refractivity contribution in [1.82, 2.24) is 0 Å². The minimum Gasteiger partial charge on any atom is -0.373 e. The van der Waals surface area contributed by atoms with E-state index in [1.807, 2.05) is 30.3 Å². The molecule has 2 nitrogen and oxygen atoms in total. The maximum absolute atomic E-state index is 6.05. The van der Waals surface area contributed by atoms with E-state index in [-0.39, 0.29) is 24.7 Å². The van der Waals surface area contributed by atoms with Crippen LogP contribution >= 0.6 is 11.6 Å². The SMILES string of the molecule is C#CCO[C@@H](c1ccc(Cl)cc1)[C@@H]1C(=C)CO[C@@H]1CCc1ccccc1. The lowest BCUT2D eigenvalue weighted by Crippen LogP contribution is -2.26. The van der Waals surface area contributed by atoms with Crippen LogP contribution in [0.4, 0.5) is 0 Å². The van der Waals surface area contributed by atoms with E-state index >= 15 is 0 Å². The van der Waals surface area contributed by atoms with E-state index in [4.69, 9.17) is 27.5 Å². The lowest BCUT2D eigenvalue weighted by molar-refractivity contribution is -0.00508. The maximum Gasteiger partial charge on any atom is 0.108 e. The lowest BCUT2D eigenvalue weighted by atomic mass is 9.85.